The van der Waals surface area contributed by atoms with Gasteiger partial charge in [-0.1, -0.05) is 11.8 Å². The van der Waals surface area contributed by atoms with Crippen molar-refractivity contribution in [1.82, 2.24) is 9.97 Å². The van der Waals surface area contributed by atoms with Crippen molar-refractivity contribution in [2.24, 2.45) is 0 Å². The summed E-state index contributed by atoms with van der Waals surface area (Å²) in [5, 5.41) is 11.4. The molecule has 0 atom stereocenters. The number of pyridine rings is 2. The predicted molar refractivity (Wildman–Crippen MR) is 103 cm³/mol. The van der Waals surface area contributed by atoms with Gasteiger partial charge in [0.25, 0.3) is 11.6 Å². The number of hydrogen-bond acceptors (Lipinski definition) is 6. The SMILES string of the molecule is CCN(C(=O)c1ccc(Sc2ccc([N+](=O)[O-])cc2)nc1)c1cccnc1. The number of anilines is 1. The minimum Gasteiger partial charge on any atom is -0.307 e. The molecule has 8 heteroatoms. The Hall–Kier alpha value is -3.26. The van der Waals surface area contributed by atoms with Gasteiger partial charge in [0.15, 0.2) is 0 Å². The van der Waals surface area contributed by atoms with E-state index in [0.29, 0.717) is 17.1 Å². The van der Waals surface area contributed by atoms with Gasteiger partial charge in [0.05, 0.1) is 22.4 Å². The highest BCUT2D eigenvalue weighted by Crippen LogP contribution is 2.27. The third-order valence-corrected chi connectivity index (χ3v) is 4.73. The van der Waals surface area contributed by atoms with Crippen LogP contribution in [0.1, 0.15) is 17.3 Å². The van der Waals surface area contributed by atoms with E-state index in [1.165, 1.54) is 30.1 Å². The Morgan fingerprint density at radius 1 is 1.15 bits per heavy atom. The average molecular weight is 380 g/mol. The highest BCUT2D eigenvalue weighted by atomic mass is 32.2. The lowest BCUT2D eigenvalue weighted by Gasteiger charge is -2.20. The zero-order valence-corrected chi connectivity index (χ0v) is 15.3. The van der Waals surface area contributed by atoms with Crippen LogP contribution in [0.3, 0.4) is 0 Å². The van der Waals surface area contributed by atoms with Crippen LogP contribution in [-0.2, 0) is 0 Å². The van der Waals surface area contributed by atoms with Crippen molar-refractivity contribution in [3.63, 3.8) is 0 Å². The Balaban J connectivity index is 1.72. The molecule has 0 saturated carbocycles. The molecule has 1 aromatic carbocycles. The molecule has 0 aliphatic heterocycles. The maximum atomic E-state index is 12.7. The third-order valence-electron chi connectivity index (χ3n) is 3.77. The number of nitrogens with zero attached hydrogens (tertiary/aromatic N) is 4. The fourth-order valence-electron chi connectivity index (χ4n) is 2.44. The Kier molecular flexibility index (Phi) is 5.77. The summed E-state index contributed by atoms with van der Waals surface area (Å²) in [6, 6.07) is 13.3. The van der Waals surface area contributed by atoms with Crippen LogP contribution in [0.4, 0.5) is 11.4 Å². The number of carbonyl (C=O) groups is 1. The molecule has 7 nitrogen and oxygen atoms in total. The second kappa shape index (κ2) is 8.41. The van der Waals surface area contributed by atoms with Crippen molar-refractivity contribution in [1.29, 1.82) is 0 Å². The smallest absolute Gasteiger partial charge is 0.269 e. The molecule has 0 aliphatic rings. The zero-order valence-electron chi connectivity index (χ0n) is 14.5. The van der Waals surface area contributed by atoms with Crippen LogP contribution in [0.25, 0.3) is 0 Å². The lowest BCUT2D eigenvalue weighted by molar-refractivity contribution is -0.384. The average Bonchev–Trinajstić information content (AvgIpc) is 2.70. The number of nitro groups is 1. The summed E-state index contributed by atoms with van der Waals surface area (Å²) in [6.45, 7) is 2.42. The molecule has 2 heterocycles. The van der Waals surface area contributed by atoms with E-state index >= 15 is 0 Å². The number of aromatic nitrogens is 2. The van der Waals surface area contributed by atoms with Crippen LogP contribution in [0.5, 0.6) is 0 Å². The molecule has 0 aliphatic carbocycles. The summed E-state index contributed by atoms with van der Waals surface area (Å²) >= 11 is 1.37. The number of hydrogen-bond donors (Lipinski definition) is 0. The number of benzene rings is 1. The third kappa shape index (κ3) is 4.48. The van der Waals surface area contributed by atoms with Crippen molar-refractivity contribution in [2.45, 2.75) is 16.8 Å². The van der Waals surface area contributed by atoms with Crippen molar-refractivity contribution in [2.75, 3.05) is 11.4 Å². The molecule has 27 heavy (non-hydrogen) atoms. The van der Waals surface area contributed by atoms with Gasteiger partial charge in [-0.3, -0.25) is 19.9 Å². The summed E-state index contributed by atoms with van der Waals surface area (Å²) in [6.07, 6.45) is 4.84. The summed E-state index contributed by atoms with van der Waals surface area (Å²) in [5.74, 6) is -0.148. The van der Waals surface area contributed by atoms with E-state index in [1.807, 2.05) is 13.0 Å². The summed E-state index contributed by atoms with van der Waals surface area (Å²) in [5.41, 5.74) is 1.26. The number of carbonyl (C=O) groups excluding carboxylic acids is 1. The summed E-state index contributed by atoms with van der Waals surface area (Å²) in [7, 11) is 0. The maximum absolute atomic E-state index is 12.7. The first-order valence-electron chi connectivity index (χ1n) is 8.18. The van der Waals surface area contributed by atoms with E-state index in [1.54, 1.807) is 47.6 Å². The van der Waals surface area contributed by atoms with E-state index in [2.05, 4.69) is 9.97 Å². The van der Waals surface area contributed by atoms with Gasteiger partial charge in [0.2, 0.25) is 0 Å². The van der Waals surface area contributed by atoms with Crippen LogP contribution in [0, 0.1) is 10.1 Å². The van der Waals surface area contributed by atoms with Crippen molar-refractivity contribution < 1.29 is 9.72 Å². The lowest BCUT2D eigenvalue weighted by atomic mass is 10.2. The monoisotopic (exact) mass is 380 g/mol. The molecular weight excluding hydrogens is 364 g/mol. The maximum Gasteiger partial charge on any atom is 0.269 e. The molecule has 1 amide bonds. The van der Waals surface area contributed by atoms with Gasteiger partial charge in [-0.15, -0.1) is 0 Å². The molecule has 136 valence electrons. The van der Waals surface area contributed by atoms with Crippen LogP contribution < -0.4 is 4.90 Å². The Morgan fingerprint density at radius 3 is 2.48 bits per heavy atom. The van der Waals surface area contributed by atoms with Gasteiger partial charge in [-0.05, 0) is 43.3 Å². The first-order valence-corrected chi connectivity index (χ1v) is 9.00. The van der Waals surface area contributed by atoms with Gasteiger partial charge in [-0.2, -0.15) is 0 Å². The van der Waals surface area contributed by atoms with Gasteiger partial charge in [0, 0.05) is 36.0 Å². The highest BCUT2D eigenvalue weighted by Gasteiger charge is 2.16. The van der Waals surface area contributed by atoms with Gasteiger partial charge in [0.1, 0.15) is 5.03 Å². The number of nitro benzene ring substituents is 1. The molecule has 0 unspecified atom stereocenters. The van der Waals surface area contributed by atoms with E-state index in [0.717, 1.165) is 10.6 Å². The van der Waals surface area contributed by atoms with E-state index < -0.39 is 4.92 Å². The molecule has 0 radical (unpaired) electrons. The first-order chi connectivity index (χ1) is 13.1. The molecular formula is C19H16N4O3S. The topological polar surface area (TPSA) is 89.2 Å². The fourth-order valence-corrected chi connectivity index (χ4v) is 3.19. The normalized spacial score (nSPS) is 10.4. The van der Waals surface area contributed by atoms with E-state index in [-0.39, 0.29) is 11.6 Å². The van der Waals surface area contributed by atoms with Gasteiger partial charge in [-0.25, -0.2) is 4.98 Å². The van der Waals surface area contributed by atoms with E-state index in [9.17, 15) is 14.9 Å². The largest absolute Gasteiger partial charge is 0.307 e. The van der Waals surface area contributed by atoms with Gasteiger partial charge < -0.3 is 4.90 Å². The number of non-ortho nitro benzene ring substituents is 1. The molecule has 0 N–H and O–H groups in total. The van der Waals surface area contributed by atoms with Crippen LogP contribution in [0.2, 0.25) is 0 Å². The summed E-state index contributed by atoms with van der Waals surface area (Å²) in [4.78, 5) is 33.8. The minimum absolute atomic E-state index is 0.0447. The number of amides is 1. The Bertz CT molecular complexity index is 931. The molecule has 0 fully saturated rings. The van der Waals surface area contributed by atoms with Crippen LogP contribution in [0.15, 0.2) is 77.0 Å². The molecule has 2 aromatic heterocycles. The molecule has 3 rings (SSSR count). The molecule has 0 saturated heterocycles. The summed E-state index contributed by atoms with van der Waals surface area (Å²) < 4.78 is 0. The Morgan fingerprint density at radius 2 is 1.93 bits per heavy atom. The quantitative estimate of drug-likeness (QED) is 0.470. The molecule has 3 aromatic rings. The predicted octanol–water partition coefficient (Wildman–Crippen LogP) is 4.20. The number of rotatable bonds is 6. The van der Waals surface area contributed by atoms with Crippen LogP contribution in [-0.4, -0.2) is 27.3 Å². The van der Waals surface area contributed by atoms with Crippen LogP contribution >= 0.6 is 11.8 Å². The second-order valence-electron chi connectivity index (χ2n) is 5.50. The first kappa shape index (κ1) is 18.5. The molecule has 0 spiro atoms. The van der Waals surface area contributed by atoms with Crippen molar-refractivity contribution >= 4 is 29.0 Å². The van der Waals surface area contributed by atoms with Crippen molar-refractivity contribution in [3.8, 4) is 0 Å². The lowest BCUT2D eigenvalue weighted by Crippen LogP contribution is -2.30. The second-order valence-corrected chi connectivity index (χ2v) is 6.59. The van der Waals surface area contributed by atoms with Crippen molar-refractivity contribution in [3.05, 3.63) is 82.8 Å². The standard InChI is InChI=1S/C19H16N4O3S/c1-2-22(16-4-3-11-20-13-16)19(24)14-5-10-18(21-12-14)27-17-8-6-15(7-9-17)23(25)26/h3-13H,2H2,1H3. The highest BCUT2D eigenvalue weighted by molar-refractivity contribution is 7.99. The van der Waals surface area contributed by atoms with E-state index in [4.69, 9.17) is 0 Å². The Labute approximate surface area is 160 Å². The van der Waals surface area contributed by atoms with Gasteiger partial charge >= 0.3 is 0 Å². The zero-order chi connectivity index (χ0) is 19.2. The minimum atomic E-state index is -0.436. The fraction of sp³-hybridized carbons (Fsp3) is 0.105. The molecule has 0 bridgehead atoms.